The van der Waals surface area contributed by atoms with Crippen LogP contribution in [0.4, 0.5) is 11.4 Å². The van der Waals surface area contributed by atoms with E-state index in [9.17, 15) is 19.7 Å². The average molecular weight is 273 g/mol. The van der Waals surface area contributed by atoms with Gasteiger partial charge >= 0.3 is 0 Å². The molecule has 96 valence electrons. The number of non-ortho nitro benzene ring substituents is 1. The maximum Gasteiger partial charge on any atom is 0.271 e. The highest BCUT2D eigenvalue weighted by atomic mass is 35.5. The van der Waals surface area contributed by atoms with Crippen LogP contribution >= 0.6 is 11.6 Å². The summed E-state index contributed by atoms with van der Waals surface area (Å²) in [6.45, 7) is -0.404. The highest BCUT2D eigenvalue weighted by molar-refractivity contribution is 6.34. The molecule has 0 saturated carbocycles. The van der Waals surface area contributed by atoms with Gasteiger partial charge in [0.1, 0.15) is 0 Å². The third-order valence-electron chi connectivity index (χ3n) is 1.99. The lowest BCUT2D eigenvalue weighted by molar-refractivity contribution is -0.384. The first-order chi connectivity index (χ1) is 8.32. The van der Waals surface area contributed by atoms with E-state index in [2.05, 4.69) is 5.32 Å². The first-order valence-corrected chi connectivity index (χ1v) is 5.00. The Morgan fingerprint density at radius 1 is 1.44 bits per heavy atom. The van der Waals surface area contributed by atoms with Gasteiger partial charge in [0.2, 0.25) is 5.91 Å². The Balaban J connectivity index is 3.10. The highest BCUT2D eigenvalue weighted by Crippen LogP contribution is 2.28. The lowest BCUT2D eigenvalue weighted by atomic mass is 10.1. The number of nitrogens with zero attached hydrogens (tertiary/aromatic N) is 1. The van der Waals surface area contributed by atoms with Gasteiger partial charge in [-0.05, 0) is 0 Å². The molecule has 0 aliphatic heterocycles. The second-order valence-electron chi connectivity index (χ2n) is 3.29. The number of nitrogens with two attached hydrogens (primary N) is 2. The number of hydrogen-bond donors (Lipinski definition) is 3. The van der Waals surface area contributed by atoms with E-state index in [0.29, 0.717) is 0 Å². The maximum absolute atomic E-state index is 11.6. The number of benzene rings is 1. The van der Waals surface area contributed by atoms with Crippen molar-refractivity contribution in [2.24, 2.45) is 5.73 Å². The second-order valence-corrected chi connectivity index (χ2v) is 3.70. The van der Waals surface area contributed by atoms with Gasteiger partial charge in [0.25, 0.3) is 11.6 Å². The van der Waals surface area contributed by atoms with E-state index in [1.807, 2.05) is 0 Å². The number of primary amides is 1. The van der Waals surface area contributed by atoms with E-state index in [-0.39, 0.29) is 22.0 Å². The Bertz CT molecular complexity index is 532. The lowest BCUT2D eigenvalue weighted by Gasteiger charge is -2.07. The van der Waals surface area contributed by atoms with Crippen molar-refractivity contribution < 1.29 is 14.5 Å². The molecule has 5 N–H and O–H groups in total. The van der Waals surface area contributed by atoms with Gasteiger partial charge in [-0.2, -0.15) is 0 Å². The van der Waals surface area contributed by atoms with Crippen LogP contribution in [0.2, 0.25) is 5.02 Å². The van der Waals surface area contributed by atoms with Crippen molar-refractivity contribution >= 4 is 34.8 Å². The van der Waals surface area contributed by atoms with Crippen LogP contribution in [-0.2, 0) is 4.79 Å². The van der Waals surface area contributed by atoms with Crippen LogP contribution in [0.5, 0.6) is 0 Å². The summed E-state index contributed by atoms with van der Waals surface area (Å²) in [6, 6.07) is 2.00. The van der Waals surface area contributed by atoms with E-state index in [1.165, 1.54) is 0 Å². The molecule has 0 radical (unpaired) electrons. The predicted octanol–water partition coefficient (Wildman–Crippen LogP) is 0.0455. The third-order valence-corrected chi connectivity index (χ3v) is 2.31. The number of hydrogen-bond acceptors (Lipinski definition) is 5. The number of amides is 2. The molecule has 0 spiro atoms. The van der Waals surface area contributed by atoms with Crippen LogP contribution in [0.15, 0.2) is 12.1 Å². The summed E-state index contributed by atoms with van der Waals surface area (Å²) in [5.74, 6) is -1.52. The zero-order chi connectivity index (χ0) is 13.9. The Labute approximate surface area is 106 Å². The molecule has 18 heavy (non-hydrogen) atoms. The molecule has 0 saturated heterocycles. The molecule has 1 aromatic rings. The van der Waals surface area contributed by atoms with Crippen molar-refractivity contribution in [1.82, 2.24) is 5.32 Å². The molecule has 0 heterocycles. The summed E-state index contributed by atoms with van der Waals surface area (Å²) in [4.78, 5) is 32.0. The summed E-state index contributed by atoms with van der Waals surface area (Å²) in [5, 5.41) is 12.6. The SMILES string of the molecule is NC(=O)CNC(=O)c1cc([N+](=O)[O-])cc(Cl)c1N. The van der Waals surface area contributed by atoms with Crippen molar-refractivity contribution in [1.29, 1.82) is 0 Å². The minimum absolute atomic E-state index is 0.107. The van der Waals surface area contributed by atoms with Gasteiger partial charge in [-0.25, -0.2) is 0 Å². The molecule has 0 fully saturated rings. The number of rotatable bonds is 4. The molecule has 0 aromatic heterocycles. The van der Waals surface area contributed by atoms with Gasteiger partial charge in [-0.15, -0.1) is 0 Å². The Kier molecular flexibility index (Phi) is 4.05. The van der Waals surface area contributed by atoms with Crippen molar-refractivity contribution in [2.75, 3.05) is 12.3 Å². The molecular formula is C9H9ClN4O4. The first kappa shape index (κ1) is 13.7. The molecule has 0 unspecified atom stereocenters. The van der Waals surface area contributed by atoms with Gasteiger partial charge < -0.3 is 16.8 Å². The minimum Gasteiger partial charge on any atom is -0.397 e. The number of nitro groups is 1. The summed E-state index contributed by atoms with van der Waals surface area (Å²) < 4.78 is 0. The number of carbonyl (C=O) groups is 2. The number of nitrogens with one attached hydrogen (secondary N) is 1. The fourth-order valence-corrected chi connectivity index (χ4v) is 1.37. The second kappa shape index (κ2) is 5.32. The van der Waals surface area contributed by atoms with Gasteiger partial charge in [-0.1, -0.05) is 11.6 Å². The number of halogens is 1. The maximum atomic E-state index is 11.6. The number of carbonyl (C=O) groups excluding carboxylic acids is 2. The molecule has 0 bridgehead atoms. The lowest BCUT2D eigenvalue weighted by Crippen LogP contribution is -2.33. The third kappa shape index (κ3) is 3.08. The van der Waals surface area contributed by atoms with E-state index in [1.54, 1.807) is 0 Å². The minimum atomic E-state index is -0.767. The topological polar surface area (TPSA) is 141 Å². The largest absolute Gasteiger partial charge is 0.397 e. The van der Waals surface area contributed by atoms with E-state index < -0.39 is 23.3 Å². The van der Waals surface area contributed by atoms with Gasteiger partial charge in [0.15, 0.2) is 0 Å². The molecule has 8 nitrogen and oxygen atoms in total. The zero-order valence-corrected chi connectivity index (χ0v) is 9.73. The first-order valence-electron chi connectivity index (χ1n) is 4.63. The molecule has 0 aliphatic carbocycles. The van der Waals surface area contributed by atoms with Crippen LogP contribution in [-0.4, -0.2) is 23.3 Å². The van der Waals surface area contributed by atoms with Crippen LogP contribution in [0, 0.1) is 10.1 Å². The monoisotopic (exact) mass is 272 g/mol. The van der Waals surface area contributed by atoms with E-state index in [4.69, 9.17) is 23.1 Å². The summed E-state index contributed by atoms with van der Waals surface area (Å²) >= 11 is 5.67. The predicted molar refractivity (Wildman–Crippen MR) is 64.0 cm³/mol. The summed E-state index contributed by atoms with van der Waals surface area (Å²) in [6.07, 6.45) is 0. The standard InChI is InChI=1S/C9H9ClN4O4/c10-6-2-4(14(17)18)1-5(8(6)12)9(16)13-3-7(11)15/h1-2H,3,12H2,(H2,11,15)(H,13,16). The molecule has 9 heteroatoms. The Morgan fingerprint density at radius 3 is 2.56 bits per heavy atom. The van der Waals surface area contributed by atoms with E-state index in [0.717, 1.165) is 12.1 Å². The number of nitrogen functional groups attached to an aromatic ring is 1. The molecule has 1 rings (SSSR count). The van der Waals surface area contributed by atoms with Gasteiger partial charge in [0, 0.05) is 12.1 Å². The number of nitro benzene ring substituents is 1. The van der Waals surface area contributed by atoms with E-state index >= 15 is 0 Å². The molecule has 1 aromatic carbocycles. The quantitative estimate of drug-likeness (QED) is 0.403. The molecule has 0 atom stereocenters. The van der Waals surface area contributed by atoms with Gasteiger partial charge in [-0.3, -0.25) is 19.7 Å². The zero-order valence-electron chi connectivity index (χ0n) is 8.97. The van der Waals surface area contributed by atoms with Crippen molar-refractivity contribution in [2.45, 2.75) is 0 Å². The normalized spacial score (nSPS) is 9.83. The smallest absolute Gasteiger partial charge is 0.271 e. The van der Waals surface area contributed by atoms with Crippen LogP contribution < -0.4 is 16.8 Å². The average Bonchev–Trinajstić information content (AvgIpc) is 2.29. The Hall–Kier alpha value is -2.35. The fraction of sp³-hybridized carbons (Fsp3) is 0.111. The molecular weight excluding hydrogens is 264 g/mol. The van der Waals surface area contributed by atoms with Crippen LogP contribution in [0.25, 0.3) is 0 Å². The fourth-order valence-electron chi connectivity index (χ4n) is 1.16. The molecule has 2 amide bonds. The highest BCUT2D eigenvalue weighted by Gasteiger charge is 2.18. The van der Waals surface area contributed by atoms with Crippen LogP contribution in [0.1, 0.15) is 10.4 Å². The Morgan fingerprint density at radius 2 is 2.06 bits per heavy atom. The summed E-state index contributed by atoms with van der Waals surface area (Å²) in [7, 11) is 0. The van der Waals surface area contributed by atoms with Crippen molar-refractivity contribution in [3.8, 4) is 0 Å². The van der Waals surface area contributed by atoms with Crippen molar-refractivity contribution in [3.05, 3.63) is 32.8 Å². The number of anilines is 1. The van der Waals surface area contributed by atoms with Gasteiger partial charge in [0.05, 0.1) is 27.7 Å². The summed E-state index contributed by atoms with van der Waals surface area (Å²) in [5.41, 5.74) is 9.70. The van der Waals surface area contributed by atoms with Crippen LogP contribution in [0.3, 0.4) is 0 Å². The molecule has 0 aliphatic rings. The van der Waals surface area contributed by atoms with Crippen molar-refractivity contribution in [3.63, 3.8) is 0 Å².